The van der Waals surface area contributed by atoms with E-state index < -0.39 is 0 Å². The first kappa shape index (κ1) is 22.7. The van der Waals surface area contributed by atoms with Crippen molar-refractivity contribution in [3.05, 3.63) is 0 Å². The molecule has 0 saturated heterocycles. The summed E-state index contributed by atoms with van der Waals surface area (Å²) < 4.78 is 5.07. The van der Waals surface area contributed by atoms with Gasteiger partial charge in [0, 0.05) is 46.9 Å². The summed E-state index contributed by atoms with van der Waals surface area (Å²) in [5, 5.41) is 3.26. The minimum Gasteiger partial charge on any atom is -0.383 e. The van der Waals surface area contributed by atoms with Crippen molar-refractivity contribution in [1.29, 1.82) is 0 Å². The van der Waals surface area contributed by atoms with Gasteiger partial charge in [0.05, 0.1) is 13.2 Å². The minimum absolute atomic E-state index is 0.132. The molecule has 0 unspecified atom stereocenters. The molecule has 7 nitrogen and oxygen atoms in total. The summed E-state index contributed by atoms with van der Waals surface area (Å²) in [6.45, 7) is 12.1. The number of methoxy groups -OCH3 is 1. The molecule has 0 spiro atoms. The average molecular weight is 344 g/mol. The molecule has 0 aliphatic carbocycles. The summed E-state index contributed by atoms with van der Waals surface area (Å²) in [4.78, 5) is 22.8. The molecule has 0 rings (SSSR count). The van der Waals surface area contributed by atoms with Crippen molar-refractivity contribution < 1.29 is 9.53 Å². The molecule has 0 bridgehead atoms. The van der Waals surface area contributed by atoms with Crippen LogP contribution in [-0.4, -0.2) is 100 Å². The molecular weight excluding hydrogens is 306 g/mol. The summed E-state index contributed by atoms with van der Waals surface area (Å²) in [6, 6.07) is 0. The van der Waals surface area contributed by atoms with Crippen molar-refractivity contribution in [1.82, 2.24) is 20.0 Å². The van der Waals surface area contributed by atoms with E-state index in [4.69, 9.17) is 4.74 Å². The maximum Gasteiger partial charge on any atom is 0.242 e. The van der Waals surface area contributed by atoms with Crippen molar-refractivity contribution in [3.63, 3.8) is 0 Å². The molecular formula is C17H37N5O2. The van der Waals surface area contributed by atoms with E-state index in [0.29, 0.717) is 6.54 Å². The molecule has 142 valence electrons. The molecule has 0 atom stereocenters. The van der Waals surface area contributed by atoms with E-state index in [-0.39, 0.29) is 5.91 Å². The van der Waals surface area contributed by atoms with Crippen molar-refractivity contribution in [2.75, 3.05) is 73.6 Å². The number of amides is 1. The first-order valence-corrected chi connectivity index (χ1v) is 8.94. The Morgan fingerprint density at radius 3 is 2.33 bits per heavy atom. The Balaban J connectivity index is 4.41. The number of nitrogens with zero attached hydrogens (tertiary/aromatic N) is 4. The molecule has 1 amide bonds. The molecule has 0 aromatic heterocycles. The summed E-state index contributed by atoms with van der Waals surface area (Å²) in [5.74, 6) is 0.921. The van der Waals surface area contributed by atoms with Crippen molar-refractivity contribution >= 4 is 11.9 Å². The van der Waals surface area contributed by atoms with Gasteiger partial charge in [-0.15, -0.1) is 0 Å². The van der Waals surface area contributed by atoms with Crippen LogP contribution in [0.4, 0.5) is 0 Å². The van der Waals surface area contributed by atoms with Crippen LogP contribution in [0.1, 0.15) is 27.2 Å². The summed E-state index contributed by atoms with van der Waals surface area (Å²) in [7, 11) is 5.71. The van der Waals surface area contributed by atoms with Gasteiger partial charge in [0.1, 0.15) is 0 Å². The Bertz CT molecular complexity index is 359. The zero-order chi connectivity index (χ0) is 18.4. The first-order chi connectivity index (χ1) is 11.5. The number of hydrogen-bond acceptors (Lipinski definition) is 4. The van der Waals surface area contributed by atoms with Gasteiger partial charge in [-0.1, -0.05) is 0 Å². The third-order valence-corrected chi connectivity index (χ3v) is 3.82. The number of carbonyl (C=O) groups excluding carboxylic acids is 1. The van der Waals surface area contributed by atoms with Gasteiger partial charge in [0.15, 0.2) is 5.96 Å². The number of ether oxygens (including phenoxy) is 1. The van der Waals surface area contributed by atoms with Gasteiger partial charge >= 0.3 is 0 Å². The van der Waals surface area contributed by atoms with Crippen molar-refractivity contribution in [2.45, 2.75) is 27.2 Å². The number of hydrogen-bond donors (Lipinski definition) is 1. The van der Waals surface area contributed by atoms with Crippen LogP contribution in [0.5, 0.6) is 0 Å². The molecule has 0 saturated carbocycles. The van der Waals surface area contributed by atoms with Gasteiger partial charge in [-0.3, -0.25) is 9.79 Å². The summed E-state index contributed by atoms with van der Waals surface area (Å²) >= 11 is 0. The topological polar surface area (TPSA) is 60.4 Å². The molecule has 7 heteroatoms. The van der Waals surface area contributed by atoms with E-state index in [0.717, 1.165) is 58.3 Å². The normalized spacial score (nSPS) is 11.7. The highest BCUT2D eigenvalue weighted by molar-refractivity contribution is 5.86. The molecule has 0 aliphatic rings. The predicted octanol–water partition coefficient (Wildman–Crippen LogP) is 0.720. The fourth-order valence-electron chi connectivity index (χ4n) is 2.31. The Hall–Kier alpha value is -1.34. The van der Waals surface area contributed by atoms with E-state index >= 15 is 0 Å². The Labute approximate surface area is 148 Å². The zero-order valence-corrected chi connectivity index (χ0v) is 16.5. The fourth-order valence-corrected chi connectivity index (χ4v) is 2.31. The molecule has 0 aromatic rings. The van der Waals surface area contributed by atoms with Crippen LogP contribution in [-0.2, 0) is 9.53 Å². The zero-order valence-electron chi connectivity index (χ0n) is 16.5. The Kier molecular flexibility index (Phi) is 13.3. The van der Waals surface area contributed by atoms with Gasteiger partial charge in [-0.25, -0.2) is 0 Å². The number of carbonyl (C=O) groups is 1. The molecule has 0 aliphatic heterocycles. The van der Waals surface area contributed by atoms with E-state index in [1.54, 1.807) is 7.11 Å². The van der Waals surface area contributed by atoms with Gasteiger partial charge in [-0.2, -0.15) is 0 Å². The largest absolute Gasteiger partial charge is 0.383 e. The van der Waals surface area contributed by atoms with Gasteiger partial charge in [0.25, 0.3) is 0 Å². The summed E-state index contributed by atoms with van der Waals surface area (Å²) in [5.41, 5.74) is 0. The van der Waals surface area contributed by atoms with Crippen LogP contribution in [0.3, 0.4) is 0 Å². The standard InChI is InChI=1S/C17H37N5O2/c1-7-18-17(19-11-10-12-20(4)13-14-24-6)21(5)15-16(23)22(8-2)9-3/h7-15H2,1-6H3,(H,18,19). The van der Waals surface area contributed by atoms with Crippen molar-refractivity contribution in [3.8, 4) is 0 Å². The number of likely N-dealkylation sites (N-methyl/N-ethyl adjacent to an activating group) is 3. The number of guanidine groups is 1. The highest BCUT2D eigenvalue weighted by Gasteiger charge is 2.14. The lowest BCUT2D eigenvalue weighted by Gasteiger charge is -2.25. The molecule has 24 heavy (non-hydrogen) atoms. The lowest BCUT2D eigenvalue weighted by Crippen LogP contribution is -2.45. The maximum absolute atomic E-state index is 12.2. The number of rotatable bonds is 12. The van der Waals surface area contributed by atoms with Crippen molar-refractivity contribution in [2.24, 2.45) is 4.99 Å². The quantitative estimate of drug-likeness (QED) is 0.321. The highest BCUT2D eigenvalue weighted by Crippen LogP contribution is 1.95. The van der Waals surface area contributed by atoms with Gasteiger partial charge in [0.2, 0.25) is 5.91 Å². The summed E-state index contributed by atoms with van der Waals surface area (Å²) in [6.07, 6.45) is 0.979. The fraction of sp³-hybridized carbons (Fsp3) is 0.882. The lowest BCUT2D eigenvalue weighted by molar-refractivity contribution is -0.131. The van der Waals surface area contributed by atoms with E-state index in [9.17, 15) is 4.79 Å². The second-order valence-corrected chi connectivity index (χ2v) is 5.81. The van der Waals surface area contributed by atoms with Crippen LogP contribution in [0, 0.1) is 0 Å². The third kappa shape index (κ3) is 9.72. The lowest BCUT2D eigenvalue weighted by atomic mass is 10.4. The molecule has 0 fully saturated rings. The van der Waals surface area contributed by atoms with Crippen LogP contribution in [0.2, 0.25) is 0 Å². The van der Waals surface area contributed by atoms with E-state index in [2.05, 4.69) is 22.3 Å². The Morgan fingerprint density at radius 2 is 1.79 bits per heavy atom. The Morgan fingerprint density at radius 1 is 1.12 bits per heavy atom. The highest BCUT2D eigenvalue weighted by atomic mass is 16.5. The smallest absolute Gasteiger partial charge is 0.242 e. The molecule has 0 aromatic carbocycles. The monoisotopic (exact) mass is 343 g/mol. The SMILES string of the molecule is CCNC(=NCCCN(C)CCOC)N(C)CC(=O)N(CC)CC. The second kappa shape index (κ2) is 14.0. The number of nitrogens with one attached hydrogen (secondary N) is 1. The van der Waals surface area contributed by atoms with Crippen LogP contribution < -0.4 is 5.32 Å². The first-order valence-electron chi connectivity index (χ1n) is 8.94. The minimum atomic E-state index is 0.132. The third-order valence-electron chi connectivity index (χ3n) is 3.82. The number of aliphatic imine (C=N–C) groups is 1. The second-order valence-electron chi connectivity index (χ2n) is 5.81. The average Bonchev–Trinajstić information content (AvgIpc) is 2.56. The molecule has 0 radical (unpaired) electrons. The van der Waals surface area contributed by atoms with Crippen LogP contribution >= 0.6 is 0 Å². The molecule has 1 N–H and O–H groups in total. The van der Waals surface area contributed by atoms with Crippen LogP contribution in [0.25, 0.3) is 0 Å². The predicted molar refractivity (Wildman–Crippen MR) is 101 cm³/mol. The van der Waals surface area contributed by atoms with Gasteiger partial charge in [-0.05, 0) is 40.8 Å². The maximum atomic E-state index is 12.2. The molecule has 0 heterocycles. The van der Waals surface area contributed by atoms with Crippen LogP contribution in [0.15, 0.2) is 4.99 Å². The van der Waals surface area contributed by atoms with Gasteiger partial charge < -0.3 is 24.8 Å². The van der Waals surface area contributed by atoms with E-state index in [1.807, 2.05) is 37.6 Å². The van der Waals surface area contributed by atoms with E-state index in [1.165, 1.54) is 0 Å².